The third kappa shape index (κ3) is 1.72. The molecule has 2 aromatic heterocycles. The molecule has 2 aromatic rings. The fourth-order valence-corrected chi connectivity index (χ4v) is 0.837. The molecule has 0 atom stereocenters. The van der Waals surface area contributed by atoms with Crippen LogP contribution in [0.2, 0.25) is 0 Å². The number of imidazole rings is 1. The summed E-state index contributed by atoms with van der Waals surface area (Å²) in [5.74, 6) is 0.597. The average Bonchev–Trinajstić information content (AvgIpc) is 2.33. The van der Waals surface area contributed by atoms with Gasteiger partial charge in [-0.15, -0.1) is 0 Å². The first-order valence-corrected chi connectivity index (χ1v) is 3.10. The van der Waals surface area contributed by atoms with Gasteiger partial charge in [-0.2, -0.15) is 0 Å². The predicted octanol–water partition coefficient (Wildman–Crippen LogP) is 0.413. The van der Waals surface area contributed by atoms with E-state index in [9.17, 15) is 0 Å². The van der Waals surface area contributed by atoms with Crippen LogP contribution >= 0.6 is 12.2 Å². The summed E-state index contributed by atoms with van der Waals surface area (Å²) in [5, 5.41) is 0. The largest absolute Gasteiger partial charge is 0.367 e. The van der Waals surface area contributed by atoms with Gasteiger partial charge in [-0.25, -0.2) is 4.98 Å². The van der Waals surface area contributed by atoms with E-state index in [1.807, 2.05) is 0 Å². The summed E-state index contributed by atoms with van der Waals surface area (Å²) >= 11 is 4.73. The van der Waals surface area contributed by atoms with E-state index in [0.717, 1.165) is 0 Å². The average molecular weight is 240 g/mol. The molecule has 2 rings (SSSR count). The summed E-state index contributed by atoms with van der Waals surface area (Å²) in [6.07, 6.45) is 5.01. The van der Waals surface area contributed by atoms with Crippen molar-refractivity contribution in [3.05, 3.63) is 23.5 Å². The minimum absolute atomic E-state index is 0. The Hall–Kier alpha value is -0.126. The van der Waals surface area contributed by atoms with E-state index >= 15 is 0 Å². The van der Waals surface area contributed by atoms with E-state index in [0.29, 0.717) is 10.5 Å². The standard InChI is InChI=1S/C5H4N4S.Y/c10-5-7-3-9-2-1-6-4(9)8-5;/h1-3H,(H,6,8,10);/p-1. The van der Waals surface area contributed by atoms with Gasteiger partial charge < -0.3 is 14.4 Å². The van der Waals surface area contributed by atoms with Crippen molar-refractivity contribution in [3.63, 3.8) is 0 Å². The molecule has 0 unspecified atom stereocenters. The van der Waals surface area contributed by atoms with Gasteiger partial charge in [0.1, 0.15) is 4.77 Å². The second-order valence-corrected chi connectivity index (χ2v) is 2.14. The van der Waals surface area contributed by atoms with E-state index in [2.05, 4.69) is 15.0 Å². The summed E-state index contributed by atoms with van der Waals surface area (Å²) in [5.41, 5.74) is 0. The first kappa shape index (κ1) is 8.97. The van der Waals surface area contributed by atoms with Gasteiger partial charge in [0.25, 0.3) is 0 Å². The smallest absolute Gasteiger partial charge is 0.149 e. The summed E-state index contributed by atoms with van der Waals surface area (Å²) < 4.78 is 2.04. The van der Waals surface area contributed by atoms with Crippen molar-refractivity contribution in [2.45, 2.75) is 0 Å². The first-order valence-electron chi connectivity index (χ1n) is 2.69. The maximum absolute atomic E-state index is 4.73. The van der Waals surface area contributed by atoms with Crippen LogP contribution in [-0.4, -0.2) is 14.4 Å². The zero-order chi connectivity index (χ0) is 6.97. The molecule has 0 saturated carbocycles. The van der Waals surface area contributed by atoms with Crippen LogP contribution in [0.1, 0.15) is 0 Å². The molecular formula is C5H3N4SY-. The Morgan fingerprint density at radius 2 is 2.36 bits per heavy atom. The minimum Gasteiger partial charge on any atom is -0.367 e. The van der Waals surface area contributed by atoms with Crippen molar-refractivity contribution < 1.29 is 32.7 Å². The Kier molecular flexibility index (Phi) is 2.86. The van der Waals surface area contributed by atoms with E-state index < -0.39 is 0 Å². The number of hydrogen-bond acceptors (Lipinski definition) is 3. The van der Waals surface area contributed by atoms with Crippen LogP contribution in [0.3, 0.4) is 0 Å². The molecule has 0 amide bonds. The van der Waals surface area contributed by atoms with Gasteiger partial charge in [0, 0.05) is 44.8 Å². The molecular weight excluding hydrogens is 237 g/mol. The zero-order valence-corrected chi connectivity index (χ0v) is 9.16. The second kappa shape index (κ2) is 3.51. The second-order valence-electron chi connectivity index (χ2n) is 1.77. The molecule has 0 aliphatic heterocycles. The summed E-state index contributed by atoms with van der Waals surface area (Å²) in [4.78, 5) is 11.6. The normalized spacial score (nSPS) is 9.45. The van der Waals surface area contributed by atoms with Crippen LogP contribution < -0.4 is 4.98 Å². The zero-order valence-electron chi connectivity index (χ0n) is 5.51. The number of aromatic nitrogens is 4. The molecule has 0 aromatic carbocycles. The van der Waals surface area contributed by atoms with Crippen LogP contribution in [-0.2, 0) is 32.7 Å². The van der Waals surface area contributed by atoms with Crippen molar-refractivity contribution in [1.29, 1.82) is 0 Å². The Labute approximate surface area is 93.0 Å². The molecule has 11 heavy (non-hydrogen) atoms. The summed E-state index contributed by atoms with van der Waals surface area (Å²) in [6, 6.07) is 0. The van der Waals surface area contributed by atoms with Gasteiger partial charge >= 0.3 is 0 Å². The summed E-state index contributed by atoms with van der Waals surface area (Å²) in [7, 11) is 0. The Balaban J connectivity index is 0.000000605. The van der Waals surface area contributed by atoms with Gasteiger partial charge in [0.15, 0.2) is 0 Å². The molecule has 0 saturated heterocycles. The minimum atomic E-state index is 0. The molecule has 6 heteroatoms. The van der Waals surface area contributed by atoms with Crippen molar-refractivity contribution in [3.8, 4) is 0 Å². The topological polar surface area (TPSA) is 44.3 Å². The van der Waals surface area contributed by atoms with Gasteiger partial charge in [0.05, 0.1) is 0 Å². The van der Waals surface area contributed by atoms with E-state index in [4.69, 9.17) is 12.2 Å². The van der Waals surface area contributed by atoms with Crippen LogP contribution in [0.25, 0.3) is 5.78 Å². The van der Waals surface area contributed by atoms with Crippen molar-refractivity contribution in [2.24, 2.45) is 0 Å². The van der Waals surface area contributed by atoms with Crippen LogP contribution in [0.4, 0.5) is 0 Å². The predicted molar refractivity (Wildman–Crippen MR) is 37.1 cm³/mol. The molecule has 53 valence electrons. The van der Waals surface area contributed by atoms with Crippen LogP contribution in [0, 0.1) is 4.77 Å². The van der Waals surface area contributed by atoms with Crippen LogP contribution in [0.15, 0.2) is 18.7 Å². The molecule has 0 N–H and O–H groups in total. The van der Waals surface area contributed by atoms with Gasteiger partial charge in [-0.3, -0.25) is 0 Å². The number of rotatable bonds is 0. The molecule has 0 fully saturated rings. The van der Waals surface area contributed by atoms with Gasteiger partial charge in [-0.05, 0) is 12.4 Å². The van der Waals surface area contributed by atoms with E-state index in [1.54, 1.807) is 23.1 Å². The molecule has 4 nitrogen and oxygen atoms in total. The maximum atomic E-state index is 4.73. The van der Waals surface area contributed by atoms with E-state index in [-0.39, 0.29) is 32.7 Å². The third-order valence-corrected chi connectivity index (χ3v) is 1.33. The maximum Gasteiger partial charge on any atom is 0.149 e. The van der Waals surface area contributed by atoms with E-state index in [1.165, 1.54) is 0 Å². The molecule has 0 bridgehead atoms. The van der Waals surface area contributed by atoms with Gasteiger partial charge in [0.2, 0.25) is 0 Å². The molecule has 0 aliphatic rings. The third-order valence-electron chi connectivity index (χ3n) is 1.14. The molecule has 0 aliphatic carbocycles. The number of hydrogen-bond donors (Lipinski definition) is 0. The van der Waals surface area contributed by atoms with Crippen molar-refractivity contribution in [2.75, 3.05) is 0 Å². The van der Waals surface area contributed by atoms with Crippen LogP contribution in [0.5, 0.6) is 0 Å². The number of nitrogens with zero attached hydrogens (tertiary/aromatic N) is 4. The molecule has 2 heterocycles. The molecule has 0 spiro atoms. The van der Waals surface area contributed by atoms with Gasteiger partial charge in [-0.1, -0.05) is 12.2 Å². The Morgan fingerprint density at radius 1 is 1.55 bits per heavy atom. The Morgan fingerprint density at radius 3 is 3.18 bits per heavy atom. The molecule has 1 radical (unpaired) electrons. The quantitative estimate of drug-likeness (QED) is 0.626. The van der Waals surface area contributed by atoms with Crippen molar-refractivity contribution >= 4 is 18.0 Å². The first-order chi connectivity index (χ1) is 4.86. The Bertz CT molecular complexity index is 406. The summed E-state index contributed by atoms with van der Waals surface area (Å²) in [6.45, 7) is 0. The fraction of sp³-hybridized carbons (Fsp3) is 0. The SMILES string of the molecule is S=c1ncn2cc[n-]c2n1.[Y]. The van der Waals surface area contributed by atoms with Crippen molar-refractivity contribution in [1.82, 2.24) is 19.4 Å². The number of fused-ring (bicyclic) bond motifs is 1. The monoisotopic (exact) mass is 240 g/mol. The fourth-order valence-electron chi connectivity index (χ4n) is 0.708.